The van der Waals surface area contributed by atoms with E-state index in [0.717, 1.165) is 25.1 Å². The summed E-state index contributed by atoms with van der Waals surface area (Å²) < 4.78 is 17.9. The van der Waals surface area contributed by atoms with Crippen LogP contribution in [0.25, 0.3) is 27.9 Å². The third-order valence-electron chi connectivity index (χ3n) is 6.41. The normalized spacial score (nSPS) is 20.3. The summed E-state index contributed by atoms with van der Waals surface area (Å²) in [5, 5.41) is 4.08. The average Bonchev–Trinajstić information content (AvgIpc) is 3.35. The predicted octanol–water partition coefficient (Wildman–Crippen LogP) is 3.01. The second kappa shape index (κ2) is 6.18. The summed E-state index contributed by atoms with van der Waals surface area (Å²) in [6.45, 7) is 2.75. The summed E-state index contributed by atoms with van der Waals surface area (Å²) in [6.07, 6.45) is 11.2. The van der Waals surface area contributed by atoms with Gasteiger partial charge in [0.05, 0.1) is 16.6 Å². The third-order valence-corrected chi connectivity index (χ3v) is 6.41. The summed E-state index contributed by atoms with van der Waals surface area (Å²) in [5.41, 5.74) is 2.29. The van der Waals surface area contributed by atoms with E-state index in [1.807, 2.05) is 23.8 Å². The van der Waals surface area contributed by atoms with Gasteiger partial charge < -0.3 is 14.3 Å². The summed E-state index contributed by atoms with van der Waals surface area (Å²) in [5.74, 6) is -0.0507. The molecule has 4 aromatic rings. The summed E-state index contributed by atoms with van der Waals surface area (Å²) in [7, 11) is 0. The topological polar surface area (TPSA) is 77.1 Å². The molecule has 5 heterocycles. The van der Waals surface area contributed by atoms with E-state index in [4.69, 9.17) is 0 Å². The highest BCUT2D eigenvalue weighted by Crippen LogP contribution is 2.45. The fourth-order valence-electron chi connectivity index (χ4n) is 4.67. The average molecular weight is 404 g/mol. The van der Waals surface area contributed by atoms with Crippen molar-refractivity contribution < 1.29 is 4.39 Å². The number of halogens is 1. The van der Waals surface area contributed by atoms with Crippen molar-refractivity contribution in [2.75, 3.05) is 6.54 Å². The Bertz CT molecular complexity index is 1370. The van der Waals surface area contributed by atoms with Gasteiger partial charge in [0.15, 0.2) is 17.3 Å². The summed E-state index contributed by atoms with van der Waals surface area (Å²) in [4.78, 5) is 26.2. The molecule has 7 nitrogen and oxygen atoms in total. The lowest BCUT2D eigenvalue weighted by Gasteiger charge is -2.31. The Labute approximate surface area is 171 Å². The molecule has 0 unspecified atom stereocenters. The first-order chi connectivity index (χ1) is 14.5. The van der Waals surface area contributed by atoms with Crippen molar-refractivity contribution in [2.45, 2.75) is 44.2 Å². The fourth-order valence-corrected chi connectivity index (χ4v) is 4.67. The van der Waals surface area contributed by atoms with Gasteiger partial charge in [-0.2, -0.15) is 0 Å². The van der Waals surface area contributed by atoms with Crippen LogP contribution in [0.3, 0.4) is 0 Å². The lowest BCUT2D eigenvalue weighted by molar-refractivity contribution is 0.282. The molecule has 0 radical (unpaired) electrons. The first-order valence-electron chi connectivity index (χ1n) is 10.3. The van der Waals surface area contributed by atoms with E-state index in [1.54, 1.807) is 23.0 Å². The number of pyridine rings is 2. The Morgan fingerprint density at radius 3 is 2.97 bits per heavy atom. The molecule has 6 rings (SSSR count). The Hall–Kier alpha value is -3.13. The van der Waals surface area contributed by atoms with Gasteiger partial charge in [-0.3, -0.25) is 4.79 Å². The molecule has 1 N–H and O–H groups in total. The van der Waals surface area contributed by atoms with E-state index in [0.29, 0.717) is 22.3 Å². The van der Waals surface area contributed by atoms with Crippen LogP contribution in [-0.2, 0) is 0 Å². The van der Waals surface area contributed by atoms with Crippen LogP contribution in [0.1, 0.15) is 37.4 Å². The van der Waals surface area contributed by atoms with Gasteiger partial charge in [0, 0.05) is 41.9 Å². The maximum Gasteiger partial charge on any atom is 0.261 e. The lowest BCUT2D eigenvalue weighted by Crippen LogP contribution is -2.42. The Morgan fingerprint density at radius 1 is 1.27 bits per heavy atom. The van der Waals surface area contributed by atoms with Crippen LogP contribution in [0, 0.1) is 12.7 Å². The second-order valence-corrected chi connectivity index (χ2v) is 8.56. The molecule has 1 aliphatic heterocycles. The molecule has 2 fully saturated rings. The number of hydrogen-bond donors (Lipinski definition) is 1. The Balaban J connectivity index is 1.41. The fraction of sp³-hybridized carbons (Fsp3) is 0.364. The Morgan fingerprint density at radius 2 is 2.13 bits per heavy atom. The van der Waals surface area contributed by atoms with E-state index in [9.17, 15) is 9.18 Å². The molecule has 1 aliphatic carbocycles. The van der Waals surface area contributed by atoms with Gasteiger partial charge in [0.2, 0.25) is 0 Å². The number of fused-ring (bicyclic) bond motifs is 2. The largest absolute Gasteiger partial charge is 0.312 e. The van der Waals surface area contributed by atoms with Crippen molar-refractivity contribution in [1.82, 2.24) is 29.2 Å². The molecule has 152 valence electrons. The number of imidazole rings is 1. The van der Waals surface area contributed by atoms with E-state index in [2.05, 4.69) is 20.3 Å². The quantitative estimate of drug-likeness (QED) is 0.556. The highest BCUT2D eigenvalue weighted by molar-refractivity contribution is 5.78. The smallest absolute Gasteiger partial charge is 0.261 e. The summed E-state index contributed by atoms with van der Waals surface area (Å²) in [6, 6.07) is 3.44. The van der Waals surface area contributed by atoms with Crippen molar-refractivity contribution >= 4 is 16.6 Å². The standard InChI is InChI=1S/C22H21FN6O/c1-13-11-28-12-14(8-17(23)20(28)26-13)19-24-10-16-18(27-19)3-7-29(21(16)30)15-2-6-25-22(9-15)4-5-22/h3,7-8,10-12,15,25H,2,4-6,9H2,1H3/t15-/m0/s1. The predicted molar refractivity (Wildman–Crippen MR) is 111 cm³/mol. The van der Waals surface area contributed by atoms with Crippen LogP contribution in [0.5, 0.6) is 0 Å². The molecule has 0 bridgehead atoms. The molecule has 1 atom stereocenters. The molecule has 1 spiro atoms. The van der Waals surface area contributed by atoms with Crippen molar-refractivity contribution in [3.63, 3.8) is 0 Å². The van der Waals surface area contributed by atoms with Crippen LogP contribution in [0.2, 0.25) is 0 Å². The van der Waals surface area contributed by atoms with Crippen molar-refractivity contribution in [1.29, 1.82) is 0 Å². The molecule has 4 aromatic heterocycles. The molecule has 1 saturated heterocycles. The van der Waals surface area contributed by atoms with Crippen LogP contribution in [-0.4, -0.2) is 36.0 Å². The van der Waals surface area contributed by atoms with E-state index in [1.165, 1.54) is 18.9 Å². The highest BCUT2D eigenvalue weighted by Gasteiger charge is 2.46. The van der Waals surface area contributed by atoms with E-state index < -0.39 is 5.82 Å². The second-order valence-electron chi connectivity index (χ2n) is 8.56. The Kier molecular flexibility index (Phi) is 3.65. The highest BCUT2D eigenvalue weighted by atomic mass is 19.1. The molecule has 2 aliphatic rings. The van der Waals surface area contributed by atoms with Gasteiger partial charge >= 0.3 is 0 Å². The van der Waals surface area contributed by atoms with Crippen LogP contribution in [0.15, 0.2) is 41.7 Å². The number of nitrogens with one attached hydrogen (secondary N) is 1. The van der Waals surface area contributed by atoms with Crippen molar-refractivity contribution in [3.05, 3.63) is 58.8 Å². The molecule has 8 heteroatoms. The zero-order valence-corrected chi connectivity index (χ0v) is 16.6. The minimum atomic E-state index is -0.431. The number of aromatic nitrogens is 5. The first-order valence-corrected chi connectivity index (χ1v) is 10.3. The number of rotatable bonds is 2. The zero-order valence-electron chi connectivity index (χ0n) is 16.6. The minimum absolute atomic E-state index is 0.0615. The van der Waals surface area contributed by atoms with Crippen LogP contribution < -0.4 is 10.9 Å². The number of aryl methyl sites for hydroxylation is 1. The van der Waals surface area contributed by atoms with Crippen LogP contribution in [0.4, 0.5) is 4.39 Å². The minimum Gasteiger partial charge on any atom is -0.312 e. The monoisotopic (exact) mass is 404 g/mol. The number of piperidine rings is 1. The first kappa shape index (κ1) is 17.7. The number of nitrogens with zero attached hydrogens (tertiary/aromatic N) is 5. The van der Waals surface area contributed by atoms with Gasteiger partial charge in [-0.15, -0.1) is 0 Å². The molecule has 30 heavy (non-hydrogen) atoms. The van der Waals surface area contributed by atoms with Gasteiger partial charge in [-0.25, -0.2) is 19.3 Å². The molecule has 0 aromatic carbocycles. The van der Waals surface area contributed by atoms with Gasteiger partial charge in [-0.1, -0.05) is 0 Å². The maximum absolute atomic E-state index is 14.5. The SMILES string of the molecule is Cc1cn2cc(-c3ncc4c(=O)n([C@H]5CCNC6(CC6)C5)ccc4n3)cc(F)c2n1. The molecular formula is C22H21FN6O. The lowest BCUT2D eigenvalue weighted by atomic mass is 9.97. The molecule has 0 amide bonds. The maximum atomic E-state index is 14.5. The van der Waals surface area contributed by atoms with Crippen molar-refractivity contribution in [2.24, 2.45) is 0 Å². The zero-order chi connectivity index (χ0) is 20.5. The molecular weight excluding hydrogens is 383 g/mol. The van der Waals surface area contributed by atoms with Crippen molar-refractivity contribution in [3.8, 4) is 11.4 Å². The van der Waals surface area contributed by atoms with Gasteiger partial charge in [0.25, 0.3) is 5.56 Å². The van der Waals surface area contributed by atoms with Crippen LogP contribution >= 0.6 is 0 Å². The van der Waals surface area contributed by atoms with Gasteiger partial charge in [-0.05, 0) is 51.3 Å². The molecule has 1 saturated carbocycles. The summed E-state index contributed by atoms with van der Waals surface area (Å²) >= 11 is 0. The van der Waals surface area contributed by atoms with E-state index >= 15 is 0 Å². The third kappa shape index (κ3) is 2.74. The van der Waals surface area contributed by atoms with E-state index in [-0.39, 0.29) is 22.8 Å². The van der Waals surface area contributed by atoms with Gasteiger partial charge in [0.1, 0.15) is 0 Å². The number of hydrogen-bond acceptors (Lipinski definition) is 5.